The number of rotatable bonds is 7. The number of ether oxygens (including phenoxy) is 1. The standard InChI is InChI=1S/C19H25N3O4S/c1-2-3-9-16(23)21-19(27)22-11-10-20-18(25)15(22)12-17(24)26-13-14-7-5-4-6-8-14/h4-8,15H,2-3,9-13H2,1H3,(H,20,25)(H,21,23,27). The molecule has 1 fully saturated rings. The molecular formula is C19H25N3O4S. The van der Waals surface area contributed by atoms with Crippen molar-refractivity contribution in [2.75, 3.05) is 13.1 Å². The summed E-state index contributed by atoms with van der Waals surface area (Å²) in [6.07, 6.45) is 1.91. The van der Waals surface area contributed by atoms with Crippen molar-refractivity contribution < 1.29 is 19.1 Å². The topological polar surface area (TPSA) is 87.7 Å². The Kier molecular flexibility index (Phi) is 8.19. The van der Waals surface area contributed by atoms with Gasteiger partial charge < -0.3 is 20.3 Å². The maximum Gasteiger partial charge on any atom is 0.308 e. The molecule has 1 atom stereocenters. The molecule has 0 aromatic heterocycles. The van der Waals surface area contributed by atoms with Crippen LogP contribution in [0.2, 0.25) is 0 Å². The van der Waals surface area contributed by atoms with E-state index in [0.29, 0.717) is 19.5 Å². The number of nitrogens with one attached hydrogen (secondary N) is 2. The van der Waals surface area contributed by atoms with Crippen molar-refractivity contribution in [3.8, 4) is 0 Å². The van der Waals surface area contributed by atoms with E-state index in [2.05, 4.69) is 10.6 Å². The second-order valence-electron chi connectivity index (χ2n) is 6.31. The number of carbonyl (C=O) groups excluding carboxylic acids is 3. The van der Waals surface area contributed by atoms with Crippen molar-refractivity contribution >= 4 is 35.1 Å². The number of nitrogens with zero attached hydrogens (tertiary/aromatic N) is 1. The van der Waals surface area contributed by atoms with Crippen LogP contribution in [0.5, 0.6) is 0 Å². The molecule has 0 aliphatic carbocycles. The fourth-order valence-corrected chi connectivity index (χ4v) is 3.04. The van der Waals surface area contributed by atoms with Crippen molar-refractivity contribution in [2.45, 2.75) is 45.3 Å². The van der Waals surface area contributed by atoms with E-state index in [1.165, 1.54) is 0 Å². The normalized spacial score (nSPS) is 16.4. The number of piperazine rings is 1. The zero-order valence-electron chi connectivity index (χ0n) is 15.4. The molecule has 7 nitrogen and oxygen atoms in total. The predicted molar refractivity (Wildman–Crippen MR) is 105 cm³/mol. The summed E-state index contributed by atoms with van der Waals surface area (Å²) in [4.78, 5) is 37.9. The first-order chi connectivity index (χ1) is 13.0. The molecule has 2 N–H and O–H groups in total. The summed E-state index contributed by atoms with van der Waals surface area (Å²) >= 11 is 5.29. The molecule has 1 saturated heterocycles. The van der Waals surface area contributed by atoms with Gasteiger partial charge in [-0.05, 0) is 24.2 Å². The van der Waals surface area contributed by atoms with Gasteiger partial charge in [0.25, 0.3) is 0 Å². The second kappa shape index (κ2) is 10.6. The van der Waals surface area contributed by atoms with E-state index in [-0.39, 0.29) is 30.0 Å². The van der Waals surface area contributed by atoms with E-state index in [4.69, 9.17) is 17.0 Å². The Balaban J connectivity index is 1.92. The molecule has 27 heavy (non-hydrogen) atoms. The van der Waals surface area contributed by atoms with Crippen LogP contribution in [0.3, 0.4) is 0 Å². The van der Waals surface area contributed by atoms with Gasteiger partial charge in [0.05, 0.1) is 6.42 Å². The molecule has 0 bridgehead atoms. The summed E-state index contributed by atoms with van der Waals surface area (Å²) in [6.45, 7) is 2.97. The maximum absolute atomic E-state index is 12.2. The lowest BCUT2D eigenvalue weighted by Gasteiger charge is -2.36. The minimum Gasteiger partial charge on any atom is -0.461 e. The van der Waals surface area contributed by atoms with E-state index in [0.717, 1.165) is 18.4 Å². The molecule has 1 aromatic rings. The van der Waals surface area contributed by atoms with Crippen molar-refractivity contribution in [2.24, 2.45) is 0 Å². The summed E-state index contributed by atoms with van der Waals surface area (Å²) < 4.78 is 5.27. The van der Waals surface area contributed by atoms with Crippen LogP contribution in [0.1, 0.15) is 38.2 Å². The highest BCUT2D eigenvalue weighted by molar-refractivity contribution is 7.80. The predicted octanol–water partition coefficient (Wildman–Crippen LogP) is 1.51. The highest BCUT2D eigenvalue weighted by atomic mass is 32.1. The molecule has 1 aliphatic heterocycles. The van der Waals surface area contributed by atoms with Gasteiger partial charge in [0, 0.05) is 19.5 Å². The van der Waals surface area contributed by atoms with Crippen molar-refractivity contribution in [1.29, 1.82) is 0 Å². The minimum absolute atomic E-state index is 0.135. The van der Waals surface area contributed by atoms with E-state index in [1.807, 2.05) is 37.3 Å². The maximum atomic E-state index is 12.2. The zero-order valence-corrected chi connectivity index (χ0v) is 16.2. The monoisotopic (exact) mass is 391 g/mol. The lowest BCUT2D eigenvalue weighted by molar-refractivity contribution is -0.148. The Hall–Kier alpha value is -2.48. The van der Waals surface area contributed by atoms with Gasteiger partial charge in [-0.1, -0.05) is 43.7 Å². The van der Waals surface area contributed by atoms with E-state index >= 15 is 0 Å². The molecule has 8 heteroatoms. The lowest BCUT2D eigenvalue weighted by Crippen LogP contribution is -2.60. The number of thiocarbonyl (C=S) groups is 1. The van der Waals surface area contributed by atoms with Crippen LogP contribution in [-0.4, -0.2) is 46.9 Å². The first-order valence-corrected chi connectivity index (χ1v) is 9.49. The van der Waals surface area contributed by atoms with Gasteiger partial charge in [-0.2, -0.15) is 0 Å². The third kappa shape index (κ3) is 6.63. The number of benzene rings is 1. The first kappa shape index (κ1) is 20.8. The second-order valence-corrected chi connectivity index (χ2v) is 6.69. The SMILES string of the molecule is CCCCC(=O)NC(=S)N1CCNC(=O)C1CC(=O)OCc1ccccc1. The highest BCUT2D eigenvalue weighted by Crippen LogP contribution is 2.12. The van der Waals surface area contributed by atoms with Crippen molar-refractivity contribution in [3.63, 3.8) is 0 Å². The van der Waals surface area contributed by atoms with E-state index in [9.17, 15) is 14.4 Å². The van der Waals surface area contributed by atoms with Crippen molar-refractivity contribution in [1.82, 2.24) is 15.5 Å². The Bertz CT molecular complexity index is 681. The average molecular weight is 391 g/mol. The fraction of sp³-hybridized carbons (Fsp3) is 0.474. The Morgan fingerprint density at radius 2 is 2.07 bits per heavy atom. The Morgan fingerprint density at radius 1 is 1.33 bits per heavy atom. The first-order valence-electron chi connectivity index (χ1n) is 9.09. The lowest BCUT2D eigenvalue weighted by atomic mass is 10.1. The van der Waals surface area contributed by atoms with Gasteiger partial charge in [0.2, 0.25) is 11.8 Å². The molecule has 1 unspecified atom stereocenters. The number of hydrogen-bond donors (Lipinski definition) is 2. The molecular weight excluding hydrogens is 366 g/mol. The number of hydrogen-bond acceptors (Lipinski definition) is 5. The summed E-state index contributed by atoms with van der Waals surface area (Å²) in [6, 6.07) is 8.52. The van der Waals surface area contributed by atoms with Crippen molar-refractivity contribution in [3.05, 3.63) is 35.9 Å². The largest absolute Gasteiger partial charge is 0.461 e. The van der Waals surface area contributed by atoms with Gasteiger partial charge in [0.15, 0.2) is 5.11 Å². The molecule has 1 heterocycles. The smallest absolute Gasteiger partial charge is 0.308 e. The third-order valence-electron chi connectivity index (χ3n) is 4.20. The molecule has 0 spiro atoms. The van der Waals surface area contributed by atoms with Crippen LogP contribution in [-0.2, 0) is 25.7 Å². The quantitative estimate of drug-likeness (QED) is 0.541. The molecule has 0 radical (unpaired) electrons. The average Bonchev–Trinajstić information content (AvgIpc) is 2.67. The van der Waals surface area contributed by atoms with Crippen LogP contribution in [0.15, 0.2) is 30.3 Å². The van der Waals surface area contributed by atoms with Crippen LogP contribution in [0, 0.1) is 0 Å². The van der Waals surface area contributed by atoms with Crippen LogP contribution in [0.25, 0.3) is 0 Å². The molecule has 2 amide bonds. The molecule has 1 aromatic carbocycles. The van der Waals surface area contributed by atoms with Gasteiger partial charge in [0.1, 0.15) is 12.6 Å². The summed E-state index contributed by atoms with van der Waals surface area (Å²) in [5.74, 6) is -0.979. The fourth-order valence-electron chi connectivity index (χ4n) is 2.71. The van der Waals surface area contributed by atoms with Crippen LogP contribution >= 0.6 is 12.2 Å². The molecule has 146 valence electrons. The summed E-state index contributed by atoms with van der Waals surface area (Å²) in [5.41, 5.74) is 0.870. The zero-order chi connectivity index (χ0) is 19.6. The molecule has 2 rings (SSSR count). The van der Waals surface area contributed by atoms with E-state index < -0.39 is 12.0 Å². The third-order valence-corrected chi connectivity index (χ3v) is 4.53. The minimum atomic E-state index is -0.791. The van der Waals surface area contributed by atoms with Gasteiger partial charge in [-0.15, -0.1) is 0 Å². The van der Waals surface area contributed by atoms with E-state index in [1.54, 1.807) is 4.90 Å². The molecule has 1 aliphatic rings. The van der Waals surface area contributed by atoms with Crippen LogP contribution in [0.4, 0.5) is 0 Å². The Morgan fingerprint density at radius 3 is 2.78 bits per heavy atom. The number of unbranched alkanes of at least 4 members (excludes halogenated alkanes) is 1. The summed E-state index contributed by atoms with van der Waals surface area (Å²) in [7, 11) is 0. The number of esters is 1. The molecule has 0 saturated carbocycles. The van der Waals surface area contributed by atoms with Gasteiger partial charge in [-0.25, -0.2) is 0 Å². The number of carbonyl (C=O) groups is 3. The number of amides is 2. The highest BCUT2D eigenvalue weighted by Gasteiger charge is 2.34. The summed E-state index contributed by atoms with van der Waals surface area (Å²) in [5, 5.41) is 5.55. The van der Waals surface area contributed by atoms with Gasteiger partial charge >= 0.3 is 5.97 Å². The van der Waals surface area contributed by atoms with Crippen LogP contribution < -0.4 is 10.6 Å². The van der Waals surface area contributed by atoms with Gasteiger partial charge in [-0.3, -0.25) is 14.4 Å². The Labute approximate surface area is 164 Å².